The highest BCUT2D eigenvalue weighted by molar-refractivity contribution is 5.96. The quantitative estimate of drug-likeness (QED) is 0.218. The number of aryl methyl sites for hydroxylation is 1. The number of hydrogen-bond donors (Lipinski definition) is 3. The van der Waals surface area contributed by atoms with Crippen LogP contribution in [-0.2, 0) is 9.47 Å². The molecule has 0 saturated carbocycles. The number of nitrogens with zero attached hydrogens (tertiary/aromatic N) is 4. The molecule has 0 bridgehead atoms. The van der Waals surface area contributed by atoms with Crippen molar-refractivity contribution in [1.82, 2.24) is 24.6 Å². The topological polar surface area (TPSA) is 128 Å². The molecule has 2 aromatic carbocycles. The Kier molecular flexibility index (Phi) is 9.59. The summed E-state index contributed by atoms with van der Waals surface area (Å²) in [6, 6.07) is 10.3. The number of benzene rings is 2. The van der Waals surface area contributed by atoms with Crippen molar-refractivity contribution in [3.63, 3.8) is 0 Å². The standard InChI is InChI=1S/C30H36FN7O4/c1-20-15-22(4-5-24(20)30(39)34-8-12-41-13-10-37-11-14-42-23(17-32)19-37)36-28-29-35-18-26(38(29)9-7-33-28)21-3-6-27(40-2)25(31)16-21/h3-7,9,15-16,18,23H,8,10-14,17,19,32H2,1-2H3,(H,33,36)(H,34,39). The van der Waals surface area contributed by atoms with Crippen LogP contribution in [0.1, 0.15) is 15.9 Å². The molecule has 222 valence electrons. The van der Waals surface area contributed by atoms with Crippen LogP contribution in [0.15, 0.2) is 55.0 Å². The second-order valence-corrected chi connectivity index (χ2v) is 10.0. The van der Waals surface area contributed by atoms with Crippen LogP contribution in [-0.4, -0.2) is 90.9 Å². The van der Waals surface area contributed by atoms with Crippen LogP contribution >= 0.6 is 0 Å². The maximum atomic E-state index is 14.3. The fourth-order valence-electron chi connectivity index (χ4n) is 4.93. The van der Waals surface area contributed by atoms with Gasteiger partial charge in [-0.25, -0.2) is 14.4 Å². The largest absolute Gasteiger partial charge is 0.494 e. The molecular weight excluding hydrogens is 541 g/mol. The van der Waals surface area contributed by atoms with Gasteiger partial charge in [-0.1, -0.05) is 0 Å². The Morgan fingerprint density at radius 1 is 1.21 bits per heavy atom. The van der Waals surface area contributed by atoms with Crippen LogP contribution in [0.4, 0.5) is 15.9 Å². The first-order valence-corrected chi connectivity index (χ1v) is 13.9. The summed E-state index contributed by atoms with van der Waals surface area (Å²) >= 11 is 0. The van der Waals surface area contributed by atoms with Crippen LogP contribution in [0, 0.1) is 12.7 Å². The van der Waals surface area contributed by atoms with Crippen molar-refractivity contribution in [2.45, 2.75) is 13.0 Å². The molecule has 4 aromatic rings. The summed E-state index contributed by atoms with van der Waals surface area (Å²) in [5.41, 5.74) is 9.80. The van der Waals surface area contributed by atoms with Gasteiger partial charge in [-0.15, -0.1) is 0 Å². The molecule has 1 saturated heterocycles. The molecule has 1 fully saturated rings. The van der Waals surface area contributed by atoms with Gasteiger partial charge in [0.05, 0.1) is 44.9 Å². The lowest BCUT2D eigenvalue weighted by atomic mass is 10.1. The number of rotatable bonds is 12. The lowest BCUT2D eigenvalue weighted by Crippen LogP contribution is -2.46. The van der Waals surface area contributed by atoms with Crippen molar-refractivity contribution in [1.29, 1.82) is 0 Å². The van der Waals surface area contributed by atoms with E-state index in [-0.39, 0.29) is 17.8 Å². The first kappa shape index (κ1) is 29.4. The van der Waals surface area contributed by atoms with Gasteiger partial charge in [-0.2, -0.15) is 0 Å². The Labute approximate surface area is 243 Å². The van der Waals surface area contributed by atoms with Gasteiger partial charge in [-0.3, -0.25) is 14.1 Å². The molecule has 1 atom stereocenters. The number of aromatic nitrogens is 3. The molecule has 5 rings (SSSR count). The predicted molar refractivity (Wildman–Crippen MR) is 158 cm³/mol. The van der Waals surface area contributed by atoms with Crippen molar-refractivity contribution >= 4 is 23.1 Å². The number of imidazole rings is 1. The van der Waals surface area contributed by atoms with Crippen molar-refractivity contribution in [3.05, 3.63) is 71.9 Å². The summed E-state index contributed by atoms with van der Waals surface area (Å²) in [6.07, 6.45) is 5.18. The highest BCUT2D eigenvalue weighted by atomic mass is 19.1. The monoisotopic (exact) mass is 577 g/mol. The minimum atomic E-state index is -0.449. The molecule has 2 aromatic heterocycles. The molecule has 11 nitrogen and oxygen atoms in total. The number of ether oxygens (including phenoxy) is 3. The molecule has 42 heavy (non-hydrogen) atoms. The number of amides is 1. The normalized spacial score (nSPS) is 15.6. The molecule has 1 unspecified atom stereocenters. The predicted octanol–water partition coefficient (Wildman–Crippen LogP) is 3.00. The Morgan fingerprint density at radius 3 is 2.88 bits per heavy atom. The molecule has 12 heteroatoms. The number of carbonyl (C=O) groups excluding carboxylic acids is 1. The zero-order chi connectivity index (χ0) is 29.5. The number of fused-ring (bicyclic) bond motifs is 1. The van der Waals surface area contributed by atoms with Gasteiger partial charge in [0.1, 0.15) is 0 Å². The summed E-state index contributed by atoms with van der Waals surface area (Å²) in [5, 5.41) is 6.21. The van der Waals surface area contributed by atoms with Crippen LogP contribution in [0.25, 0.3) is 16.9 Å². The maximum absolute atomic E-state index is 14.3. The third-order valence-corrected chi connectivity index (χ3v) is 7.18. The Morgan fingerprint density at radius 2 is 2.10 bits per heavy atom. The summed E-state index contributed by atoms with van der Waals surface area (Å²) in [6.45, 7) is 7.03. The van der Waals surface area contributed by atoms with Gasteiger partial charge in [0.2, 0.25) is 0 Å². The minimum absolute atomic E-state index is 0.0867. The van der Waals surface area contributed by atoms with E-state index in [0.29, 0.717) is 61.2 Å². The van der Waals surface area contributed by atoms with E-state index in [1.54, 1.807) is 36.8 Å². The second-order valence-electron chi connectivity index (χ2n) is 10.0. The number of morpholine rings is 1. The fraction of sp³-hybridized carbons (Fsp3) is 0.367. The highest BCUT2D eigenvalue weighted by Crippen LogP contribution is 2.28. The van der Waals surface area contributed by atoms with Crippen molar-refractivity contribution in [2.75, 3.05) is 65.0 Å². The number of nitrogens with two attached hydrogens (primary N) is 1. The summed E-state index contributed by atoms with van der Waals surface area (Å²) in [7, 11) is 1.43. The second kappa shape index (κ2) is 13.7. The zero-order valence-corrected chi connectivity index (χ0v) is 23.8. The van der Waals surface area contributed by atoms with E-state index in [1.165, 1.54) is 13.2 Å². The van der Waals surface area contributed by atoms with Gasteiger partial charge in [0.25, 0.3) is 5.91 Å². The number of halogens is 1. The van der Waals surface area contributed by atoms with Crippen molar-refractivity contribution < 1.29 is 23.4 Å². The average molecular weight is 578 g/mol. The Bertz CT molecular complexity index is 1530. The van der Waals surface area contributed by atoms with Crippen LogP contribution in [0.2, 0.25) is 0 Å². The zero-order valence-electron chi connectivity index (χ0n) is 23.8. The smallest absolute Gasteiger partial charge is 0.251 e. The lowest BCUT2D eigenvalue weighted by molar-refractivity contribution is -0.0311. The van der Waals surface area contributed by atoms with E-state index in [0.717, 1.165) is 30.9 Å². The Hall–Kier alpha value is -4.10. The molecule has 1 aliphatic rings. The van der Waals surface area contributed by atoms with Gasteiger partial charge in [0.15, 0.2) is 23.0 Å². The Balaban J connectivity index is 1.15. The van der Waals surface area contributed by atoms with Gasteiger partial charge in [-0.05, 0) is 48.9 Å². The van der Waals surface area contributed by atoms with Gasteiger partial charge >= 0.3 is 0 Å². The van der Waals surface area contributed by atoms with Gasteiger partial charge < -0.3 is 30.6 Å². The number of methoxy groups -OCH3 is 1. The SMILES string of the molecule is COc1ccc(-c2cnc3c(Nc4ccc(C(=O)NCCOCCN5CCOC(CN)C5)c(C)c4)nccn23)cc1F. The van der Waals surface area contributed by atoms with E-state index < -0.39 is 5.82 Å². The lowest BCUT2D eigenvalue weighted by Gasteiger charge is -2.32. The third-order valence-electron chi connectivity index (χ3n) is 7.18. The van der Waals surface area contributed by atoms with E-state index in [4.69, 9.17) is 19.9 Å². The molecule has 4 N–H and O–H groups in total. The van der Waals surface area contributed by atoms with Crippen molar-refractivity contribution in [3.8, 4) is 17.0 Å². The number of hydrogen-bond acceptors (Lipinski definition) is 9. The van der Waals surface area contributed by atoms with E-state index in [2.05, 4.69) is 25.5 Å². The first-order valence-electron chi connectivity index (χ1n) is 13.9. The number of anilines is 2. The van der Waals surface area contributed by atoms with E-state index >= 15 is 0 Å². The molecule has 1 amide bonds. The number of carbonyl (C=O) groups is 1. The molecule has 3 heterocycles. The average Bonchev–Trinajstić information content (AvgIpc) is 3.44. The molecule has 1 aliphatic heterocycles. The minimum Gasteiger partial charge on any atom is -0.494 e. The molecule has 0 spiro atoms. The van der Waals surface area contributed by atoms with E-state index in [9.17, 15) is 9.18 Å². The fourth-order valence-corrected chi connectivity index (χ4v) is 4.93. The molecular formula is C30H36FN7O4. The maximum Gasteiger partial charge on any atom is 0.251 e. The highest BCUT2D eigenvalue weighted by Gasteiger charge is 2.19. The van der Waals surface area contributed by atoms with E-state index in [1.807, 2.05) is 23.5 Å². The van der Waals surface area contributed by atoms with Crippen LogP contribution in [0.3, 0.4) is 0 Å². The van der Waals surface area contributed by atoms with Gasteiger partial charge in [0, 0.05) is 61.9 Å². The summed E-state index contributed by atoms with van der Waals surface area (Å²) in [5.74, 6) is 0.0988. The van der Waals surface area contributed by atoms with Crippen LogP contribution in [0.5, 0.6) is 5.75 Å². The first-order chi connectivity index (χ1) is 20.5. The summed E-state index contributed by atoms with van der Waals surface area (Å²) < 4.78 is 32.5. The van der Waals surface area contributed by atoms with Crippen molar-refractivity contribution in [2.24, 2.45) is 5.73 Å². The third kappa shape index (κ3) is 6.85. The number of nitrogens with one attached hydrogen (secondary N) is 2. The molecule has 0 radical (unpaired) electrons. The van der Waals surface area contributed by atoms with Crippen LogP contribution < -0.4 is 21.1 Å². The molecule has 0 aliphatic carbocycles. The summed E-state index contributed by atoms with van der Waals surface area (Å²) in [4.78, 5) is 24.0.